The molecule has 3 heterocycles. The van der Waals surface area contributed by atoms with Crippen molar-refractivity contribution in [2.75, 3.05) is 19.0 Å². The normalized spacial score (nSPS) is 14.7. The predicted molar refractivity (Wildman–Crippen MR) is 253 cm³/mol. The Morgan fingerprint density at radius 1 is 0.450 bits per heavy atom. The van der Waals surface area contributed by atoms with Gasteiger partial charge in [0.15, 0.2) is 0 Å². The van der Waals surface area contributed by atoms with Gasteiger partial charge in [0.2, 0.25) is 5.95 Å². The Hall–Kier alpha value is -7.14. The summed E-state index contributed by atoms with van der Waals surface area (Å²) in [6.45, 7) is 6.96. The van der Waals surface area contributed by atoms with E-state index in [1.165, 1.54) is 82.3 Å². The van der Waals surface area contributed by atoms with Gasteiger partial charge in [-0.2, -0.15) is 0 Å². The molecule has 0 saturated heterocycles. The molecule has 12 rings (SSSR count). The average Bonchev–Trinajstić information content (AvgIpc) is 3.49. The van der Waals surface area contributed by atoms with Crippen LogP contribution in [0, 0.1) is 6.92 Å². The Kier molecular flexibility index (Phi) is 7.23. The molecule has 10 aromatic rings. The van der Waals surface area contributed by atoms with Gasteiger partial charge in [0.05, 0.1) is 36.9 Å². The number of rotatable bonds is 3. The van der Waals surface area contributed by atoms with E-state index in [1.807, 2.05) is 0 Å². The number of anilines is 3. The highest BCUT2D eigenvalue weighted by Gasteiger charge is 2.44. The molecule has 2 aliphatic heterocycles. The first-order chi connectivity index (χ1) is 29.1. The van der Waals surface area contributed by atoms with Gasteiger partial charge in [-0.25, -0.2) is 9.97 Å². The topological polar surface area (TPSA) is 29.0 Å². The lowest BCUT2D eigenvalue weighted by Gasteiger charge is -2.42. The van der Waals surface area contributed by atoms with E-state index >= 15 is 0 Å². The fourth-order valence-corrected chi connectivity index (χ4v) is 10.3. The molecule has 0 aliphatic carbocycles. The van der Waals surface area contributed by atoms with Crippen molar-refractivity contribution in [3.63, 3.8) is 0 Å². The maximum Gasteiger partial charge on any atom is 0.235 e. The zero-order valence-electron chi connectivity index (χ0n) is 34.5. The second-order valence-corrected chi connectivity index (χ2v) is 17.7. The van der Waals surface area contributed by atoms with Crippen LogP contribution in [0.1, 0.15) is 30.5 Å². The second kappa shape index (κ2) is 12.4. The summed E-state index contributed by atoms with van der Waals surface area (Å²) in [7, 11) is 4.69. The van der Waals surface area contributed by atoms with Crippen LogP contribution >= 0.6 is 0 Å². The number of aromatic nitrogens is 2. The lowest BCUT2D eigenvalue weighted by Crippen LogP contribution is -2.34. The summed E-state index contributed by atoms with van der Waals surface area (Å²) in [5.74, 6) is 0.656. The molecule has 4 heteroatoms. The van der Waals surface area contributed by atoms with E-state index in [1.54, 1.807) is 0 Å². The summed E-state index contributed by atoms with van der Waals surface area (Å²) in [6, 6.07) is 62.3. The molecular weight excluding hydrogens is 729 g/mol. The van der Waals surface area contributed by atoms with Gasteiger partial charge < -0.3 is 0 Å². The Bertz CT molecular complexity index is 3380. The summed E-state index contributed by atoms with van der Waals surface area (Å²) >= 11 is 0. The molecule has 0 saturated carbocycles. The minimum Gasteiger partial charge on any atom is -0.278 e. The summed E-state index contributed by atoms with van der Waals surface area (Å²) in [5, 5.41) is 10.2. The van der Waals surface area contributed by atoms with Crippen molar-refractivity contribution in [1.29, 1.82) is 0 Å². The third-order valence-corrected chi connectivity index (χ3v) is 13.5. The fourth-order valence-electron chi connectivity index (χ4n) is 10.3. The molecule has 0 atom stereocenters. The molecule has 2 aliphatic rings. The van der Waals surface area contributed by atoms with Gasteiger partial charge in [0, 0.05) is 39.8 Å². The van der Waals surface area contributed by atoms with E-state index in [0.717, 1.165) is 33.9 Å². The summed E-state index contributed by atoms with van der Waals surface area (Å²) in [4.78, 5) is 13.3. The quantitative estimate of drug-likeness (QED) is 0.132. The van der Waals surface area contributed by atoms with E-state index in [-0.39, 0.29) is 5.41 Å². The van der Waals surface area contributed by atoms with Crippen molar-refractivity contribution in [3.05, 3.63) is 187 Å². The van der Waals surface area contributed by atoms with Gasteiger partial charge in [0.1, 0.15) is 11.4 Å². The lowest BCUT2D eigenvalue weighted by atomic mass is 9.72. The molecule has 286 valence electrons. The highest BCUT2D eigenvalue weighted by molar-refractivity contribution is 6.27. The molecule has 0 unspecified atom stereocenters. The van der Waals surface area contributed by atoms with Crippen LogP contribution in [0.4, 0.5) is 28.7 Å². The van der Waals surface area contributed by atoms with Gasteiger partial charge in [-0.3, -0.25) is 9.38 Å². The number of benzene rings is 9. The number of hydrogen-bond acceptors (Lipinski definition) is 3. The van der Waals surface area contributed by atoms with Gasteiger partial charge >= 0.3 is 0 Å². The SMILES string of the molecule is Cc1ccc2c(c1)c1ccccc1c1cc3c(cc21)[N+](C)(C)c1cc2c(cc1-3)C(C)(C)c1cc3ccccc3cc1N2c1nc(-c2ccccc2)cc(-c2ccccc2)n1. The zero-order chi connectivity index (χ0) is 40.5. The van der Waals surface area contributed by atoms with E-state index in [4.69, 9.17) is 9.97 Å². The molecule has 0 radical (unpaired) electrons. The second-order valence-electron chi connectivity index (χ2n) is 17.7. The van der Waals surface area contributed by atoms with Crippen molar-refractivity contribution in [3.8, 4) is 33.6 Å². The smallest absolute Gasteiger partial charge is 0.235 e. The van der Waals surface area contributed by atoms with E-state index in [0.29, 0.717) is 10.4 Å². The minimum atomic E-state index is -0.336. The first-order valence-electron chi connectivity index (χ1n) is 20.9. The van der Waals surface area contributed by atoms with Crippen molar-refractivity contribution < 1.29 is 0 Å². The number of fused-ring (bicyclic) bond motifs is 12. The van der Waals surface area contributed by atoms with Crippen LogP contribution in [0.5, 0.6) is 0 Å². The van der Waals surface area contributed by atoms with Crippen molar-refractivity contribution in [1.82, 2.24) is 14.5 Å². The lowest BCUT2D eigenvalue weighted by molar-refractivity contribution is 0.567. The number of hydrogen-bond donors (Lipinski definition) is 0. The molecule has 9 aromatic carbocycles. The van der Waals surface area contributed by atoms with Crippen LogP contribution in [-0.2, 0) is 5.41 Å². The van der Waals surface area contributed by atoms with E-state index < -0.39 is 0 Å². The highest BCUT2D eigenvalue weighted by Crippen LogP contribution is 2.60. The van der Waals surface area contributed by atoms with E-state index in [2.05, 4.69) is 210 Å². The molecule has 0 N–H and O–H groups in total. The first-order valence-corrected chi connectivity index (χ1v) is 20.9. The number of quaternary nitrogens is 1. The third-order valence-electron chi connectivity index (χ3n) is 13.5. The fraction of sp³-hybridized carbons (Fsp3) is 0.107. The molecule has 1 aromatic heterocycles. The van der Waals surface area contributed by atoms with Crippen LogP contribution < -0.4 is 9.38 Å². The molecule has 0 fully saturated rings. The van der Waals surface area contributed by atoms with Crippen molar-refractivity contribution in [2.24, 2.45) is 0 Å². The monoisotopic (exact) mass is 771 g/mol. The Labute approximate surface area is 350 Å². The number of aryl methyl sites for hydroxylation is 1. The standard InChI is InChI=1S/C56H43N4/c1-34-24-25-41-42(26-34)39-22-14-15-23-40(39)43-29-45-46-30-48-52(33-54(46)60(4,5)53(45)31-44(41)43)59(51-28-38-21-13-12-20-37(38)27-47(51)56(48,2)3)55-57-49(35-16-8-6-9-17-35)32-50(58-55)36-18-10-7-11-19-36/h6-33H,1-5H3/q+1. The van der Waals surface area contributed by atoms with Crippen LogP contribution in [0.2, 0.25) is 0 Å². The molecule has 0 spiro atoms. The largest absolute Gasteiger partial charge is 0.278 e. The molecule has 60 heavy (non-hydrogen) atoms. The van der Waals surface area contributed by atoms with Crippen molar-refractivity contribution in [2.45, 2.75) is 26.2 Å². The third kappa shape index (κ3) is 4.95. The molecular formula is C56H43N4+. The summed E-state index contributed by atoms with van der Waals surface area (Å²) in [6.07, 6.45) is 0. The van der Waals surface area contributed by atoms with Crippen LogP contribution in [0.25, 0.3) is 76.7 Å². The van der Waals surface area contributed by atoms with Gasteiger partial charge in [-0.15, -0.1) is 0 Å². The number of nitrogens with zero attached hydrogens (tertiary/aromatic N) is 4. The molecule has 0 amide bonds. The van der Waals surface area contributed by atoms with E-state index in [9.17, 15) is 0 Å². The summed E-state index contributed by atoms with van der Waals surface area (Å²) < 4.78 is 0.618. The maximum absolute atomic E-state index is 5.46. The molecule has 0 bridgehead atoms. The molecule has 4 nitrogen and oxygen atoms in total. The van der Waals surface area contributed by atoms with Gasteiger partial charge in [-0.05, 0) is 91.5 Å². The van der Waals surface area contributed by atoms with Gasteiger partial charge in [0.25, 0.3) is 0 Å². The zero-order valence-corrected chi connectivity index (χ0v) is 34.5. The summed E-state index contributed by atoms with van der Waals surface area (Å²) in [5.41, 5.74) is 14.7. The Morgan fingerprint density at radius 2 is 0.950 bits per heavy atom. The Morgan fingerprint density at radius 3 is 1.62 bits per heavy atom. The predicted octanol–water partition coefficient (Wildman–Crippen LogP) is 14.7. The highest BCUT2D eigenvalue weighted by atomic mass is 15.3. The first kappa shape index (κ1) is 34.9. The van der Waals surface area contributed by atoms with Crippen LogP contribution in [-0.4, -0.2) is 24.1 Å². The van der Waals surface area contributed by atoms with Crippen LogP contribution in [0.15, 0.2) is 170 Å². The van der Waals surface area contributed by atoms with Crippen LogP contribution in [0.3, 0.4) is 0 Å². The maximum atomic E-state index is 5.46. The Balaban J connectivity index is 1.16. The van der Waals surface area contributed by atoms with Gasteiger partial charge in [-0.1, -0.05) is 147 Å². The van der Waals surface area contributed by atoms with Crippen molar-refractivity contribution >= 4 is 71.8 Å². The minimum absolute atomic E-state index is 0.336. The average molecular weight is 772 g/mol.